The third-order valence-corrected chi connectivity index (χ3v) is 3.56. The Morgan fingerprint density at radius 1 is 1.14 bits per heavy atom. The van der Waals surface area contributed by atoms with Crippen LogP contribution in [0.2, 0.25) is 0 Å². The summed E-state index contributed by atoms with van der Waals surface area (Å²) >= 11 is 0. The summed E-state index contributed by atoms with van der Waals surface area (Å²) in [5, 5.41) is 0.145. The Morgan fingerprint density at radius 2 is 1.76 bits per heavy atom. The van der Waals surface area contributed by atoms with Crippen LogP contribution in [-0.4, -0.2) is 21.0 Å². The van der Waals surface area contributed by atoms with E-state index in [1.165, 1.54) is 24.3 Å². The molecule has 9 heteroatoms. The van der Waals surface area contributed by atoms with Crippen LogP contribution < -0.4 is 8.92 Å². The molecule has 0 aliphatic heterocycles. The Morgan fingerprint density at radius 3 is 2.33 bits per heavy atom. The fraction of sp³-hybridized carbons (Fsp3) is 0.167. The van der Waals surface area contributed by atoms with E-state index in [0.717, 1.165) is 7.11 Å². The maximum Gasteiger partial charge on any atom is 0.534 e. The average molecular weight is 324 g/mol. The highest BCUT2D eigenvalue weighted by Crippen LogP contribution is 2.38. The summed E-state index contributed by atoms with van der Waals surface area (Å²) in [5.74, 6) is -2.81. The maximum absolute atomic E-state index is 14.0. The number of ether oxygens (including phenoxy) is 1. The van der Waals surface area contributed by atoms with Crippen molar-refractivity contribution in [3.05, 3.63) is 36.1 Å². The number of alkyl halides is 3. The molecule has 0 aliphatic rings. The molecule has 0 N–H and O–H groups in total. The van der Waals surface area contributed by atoms with E-state index in [2.05, 4.69) is 8.92 Å². The number of hydrogen-bond donors (Lipinski definition) is 0. The minimum Gasteiger partial charge on any atom is -0.494 e. The third kappa shape index (κ3) is 2.73. The Hall–Kier alpha value is -2.03. The van der Waals surface area contributed by atoms with Crippen LogP contribution in [0.3, 0.4) is 0 Å². The Bertz CT molecular complexity index is 784. The second-order valence-electron chi connectivity index (χ2n) is 3.93. The van der Waals surface area contributed by atoms with Gasteiger partial charge in [0.2, 0.25) is 5.82 Å². The van der Waals surface area contributed by atoms with E-state index < -0.39 is 32.9 Å². The third-order valence-electron chi connectivity index (χ3n) is 2.60. The van der Waals surface area contributed by atoms with Crippen LogP contribution in [0.4, 0.5) is 17.6 Å². The summed E-state index contributed by atoms with van der Waals surface area (Å²) in [6.45, 7) is 0. The van der Waals surface area contributed by atoms with E-state index in [0.29, 0.717) is 0 Å². The smallest absolute Gasteiger partial charge is 0.494 e. The molecular formula is C12H8F4O4S. The minimum absolute atomic E-state index is 0.122. The molecule has 2 aromatic rings. The van der Waals surface area contributed by atoms with Gasteiger partial charge in [-0.3, -0.25) is 0 Å². The Kier molecular flexibility index (Phi) is 3.70. The minimum atomic E-state index is -5.99. The number of methoxy groups -OCH3 is 1. The van der Waals surface area contributed by atoms with Crippen LogP contribution in [-0.2, 0) is 10.1 Å². The van der Waals surface area contributed by atoms with Crippen LogP contribution in [0.1, 0.15) is 0 Å². The van der Waals surface area contributed by atoms with Crippen molar-refractivity contribution in [3.63, 3.8) is 0 Å². The number of fused-ring (bicyclic) bond motifs is 1. The normalized spacial score (nSPS) is 12.4. The molecule has 0 spiro atoms. The predicted octanol–water partition coefficient (Wildman–Crippen LogP) is 3.22. The van der Waals surface area contributed by atoms with Gasteiger partial charge in [-0.2, -0.15) is 26.0 Å². The molecule has 0 fully saturated rings. The van der Waals surface area contributed by atoms with Crippen molar-refractivity contribution in [2.24, 2.45) is 0 Å². The summed E-state index contributed by atoms with van der Waals surface area (Å²) in [4.78, 5) is 0. The topological polar surface area (TPSA) is 52.6 Å². The lowest BCUT2D eigenvalue weighted by Gasteiger charge is -2.14. The summed E-state index contributed by atoms with van der Waals surface area (Å²) in [5.41, 5.74) is -5.66. The van der Waals surface area contributed by atoms with E-state index in [1.54, 1.807) is 6.07 Å². The van der Waals surface area contributed by atoms with E-state index in [4.69, 9.17) is 0 Å². The molecule has 0 amide bonds. The van der Waals surface area contributed by atoms with Crippen molar-refractivity contribution in [2.45, 2.75) is 5.51 Å². The lowest BCUT2D eigenvalue weighted by atomic mass is 10.1. The molecule has 0 aliphatic carbocycles. The largest absolute Gasteiger partial charge is 0.534 e. The fourth-order valence-corrected chi connectivity index (χ4v) is 2.13. The van der Waals surface area contributed by atoms with Gasteiger partial charge in [0.05, 0.1) is 7.11 Å². The molecule has 0 atom stereocenters. The van der Waals surface area contributed by atoms with Gasteiger partial charge in [-0.25, -0.2) is 0 Å². The standard InChI is InChI=1S/C12H8F4O4S/c1-19-9-6-7-4-2-3-5-8(7)11(10(9)13)20-21(17,18)12(14,15)16/h2-6H,1H3. The zero-order valence-electron chi connectivity index (χ0n) is 10.4. The quantitative estimate of drug-likeness (QED) is 0.494. The van der Waals surface area contributed by atoms with Gasteiger partial charge < -0.3 is 8.92 Å². The van der Waals surface area contributed by atoms with Gasteiger partial charge in [0, 0.05) is 5.39 Å². The van der Waals surface area contributed by atoms with Crippen LogP contribution in [0.25, 0.3) is 10.8 Å². The molecule has 0 aromatic heterocycles. The van der Waals surface area contributed by atoms with Gasteiger partial charge >= 0.3 is 15.6 Å². The van der Waals surface area contributed by atoms with Gasteiger partial charge in [-0.15, -0.1) is 0 Å². The Balaban J connectivity index is 2.71. The molecule has 0 saturated carbocycles. The second kappa shape index (κ2) is 5.06. The predicted molar refractivity (Wildman–Crippen MR) is 66.1 cm³/mol. The van der Waals surface area contributed by atoms with Gasteiger partial charge in [-0.05, 0) is 11.5 Å². The number of rotatable bonds is 3. The molecule has 0 unspecified atom stereocenters. The molecule has 0 heterocycles. The van der Waals surface area contributed by atoms with Crippen molar-refractivity contribution >= 4 is 20.9 Å². The molecular weight excluding hydrogens is 316 g/mol. The zero-order chi connectivity index (χ0) is 15.8. The highest BCUT2D eigenvalue weighted by Gasteiger charge is 2.49. The van der Waals surface area contributed by atoms with Crippen LogP contribution in [0, 0.1) is 5.82 Å². The molecule has 0 radical (unpaired) electrons. The fourth-order valence-electron chi connectivity index (χ4n) is 1.65. The Labute approximate surface area is 117 Å². The molecule has 0 bridgehead atoms. The van der Waals surface area contributed by atoms with E-state index >= 15 is 0 Å². The van der Waals surface area contributed by atoms with Crippen LogP contribution in [0.15, 0.2) is 30.3 Å². The number of benzene rings is 2. The summed E-state index contributed by atoms with van der Waals surface area (Å²) in [6.07, 6.45) is 0. The second-order valence-corrected chi connectivity index (χ2v) is 5.46. The first-order valence-corrected chi connectivity index (χ1v) is 6.84. The van der Waals surface area contributed by atoms with E-state index in [-0.39, 0.29) is 10.8 Å². The monoisotopic (exact) mass is 324 g/mol. The van der Waals surface area contributed by atoms with Gasteiger partial charge in [-0.1, -0.05) is 24.3 Å². The van der Waals surface area contributed by atoms with Gasteiger partial charge in [0.1, 0.15) is 0 Å². The molecule has 114 valence electrons. The van der Waals surface area contributed by atoms with Gasteiger partial charge in [0.25, 0.3) is 0 Å². The van der Waals surface area contributed by atoms with Crippen molar-refractivity contribution < 1.29 is 34.9 Å². The van der Waals surface area contributed by atoms with Crippen LogP contribution in [0.5, 0.6) is 11.5 Å². The van der Waals surface area contributed by atoms with Crippen molar-refractivity contribution in [1.82, 2.24) is 0 Å². The first kappa shape index (κ1) is 15.4. The van der Waals surface area contributed by atoms with Gasteiger partial charge in [0.15, 0.2) is 11.5 Å². The van der Waals surface area contributed by atoms with E-state index in [9.17, 15) is 26.0 Å². The molecule has 2 aromatic carbocycles. The number of hydrogen-bond acceptors (Lipinski definition) is 4. The molecule has 21 heavy (non-hydrogen) atoms. The van der Waals surface area contributed by atoms with Crippen molar-refractivity contribution in [1.29, 1.82) is 0 Å². The van der Waals surface area contributed by atoms with Crippen LogP contribution >= 0.6 is 0 Å². The SMILES string of the molecule is COc1cc2ccccc2c(OS(=O)(=O)C(F)(F)F)c1F. The molecule has 0 saturated heterocycles. The van der Waals surface area contributed by atoms with Crippen molar-refractivity contribution in [3.8, 4) is 11.5 Å². The lowest BCUT2D eigenvalue weighted by molar-refractivity contribution is -0.0500. The summed E-state index contributed by atoms with van der Waals surface area (Å²) in [7, 11) is -4.89. The zero-order valence-corrected chi connectivity index (χ0v) is 11.3. The highest BCUT2D eigenvalue weighted by atomic mass is 32.2. The maximum atomic E-state index is 14.0. The number of halogens is 4. The summed E-state index contributed by atoms with van der Waals surface area (Å²) < 4.78 is 81.9. The average Bonchev–Trinajstić information content (AvgIpc) is 2.40. The highest BCUT2D eigenvalue weighted by molar-refractivity contribution is 7.88. The molecule has 2 rings (SSSR count). The summed E-state index contributed by atoms with van der Waals surface area (Å²) in [6, 6.07) is 6.85. The first-order chi connectivity index (χ1) is 9.67. The lowest BCUT2D eigenvalue weighted by Crippen LogP contribution is -2.28. The molecule has 4 nitrogen and oxygen atoms in total. The van der Waals surface area contributed by atoms with Crippen molar-refractivity contribution in [2.75, 3.05) is 7.11 Å². The first-order valence-electron chi connectivity index (χ1n) is 5.43. The van der Waals surface area contributed by atoms with E-state index in [1.807, 2.05) is 0 Å².